The summed E-state index contributed by atoms with van der Waals surface area (Å²) in [5.41, 5.74) is -0.189. The summed E-state index contributed by atoms with van der Waals surface area (Å²) >= 11 is 3.25. The lowest BCUT2D eigenvalue weighted by atomic mass is 10.1. The SMILES string of the molecule is O=C1C[C@@H](C(F)(F)F)N(C(=O)Cn2cnc3ccc(Br)cc3c2=O)c2ccccc2N1. The predicted octanol–water partition coefficient (Wildman–Crippen LogP) is 3.47. The van der Waals surface area contributed by atoms with Gasteiger partial charge in [0.25, 0.3) is 5.56 Å². The molecule has 1 aromatic heterocycles. The first-order valence-corrected chi connectivity index (χ1v) is 9.87. The number of hydrogen-bond acceptors (Lipinski definition) is 4. The largest absolute Gasteiger partial charge is 0.409 e. The molecule has 0 unspecified atom stereocenters. The van der Waals surface area contributed by atoms with Crippen molar-refractivity contribution in [2.24, 2.45) is 0 Å². The third-order valence-electron chi connectivity index (χ3n) is 4.87. The van der Waals surface area contributed by atoms with Gasteiger partial charge in [-0.25, -0.2) is 4.98 Å². The Morgan fingerprint density at radius 2 is 1.94 bits per heavy atom. The molecule has 0 radical (unpaired) electrons. The summed E-state index contributed by atoms with van der Waals surface area (Å²) in [7, 11) is 0. The molecule has 0 fully saturated rings. The van der Waals surface area contributed by atoms with Gasteiger partial charge in [-0.3, -0.25) is 23.9 Å². The smallest absolute Gasteiger partial charge is 0.324 e. The standard InChI is InChI=1S/C20H14BrF3N4O3/c21-11-5-6-13-12(7-11)19(31)27(10-25-13)9-18(30)28-15-4-2-1-3-14(15)26-17(29)8-16(28)20(22,23)24/h1-7,10,16H,8-9H2,(H,26,29)/t16-/m0/s1. The Labute approximate surface area is 181 Å². The summed E-state index contributed by atoms with van der Waals surface area (Å²) in [6, 6.07) is 8.17. The first kappa shape index (κ1) is 21.0. The minimum Gasteiger partial charge on any atom is -0.324 e. The van der Waals surface area contributed by atoms with Crippen LogP contribution in [-0.2, 0) is 16.1 Å². The van der Waals surface area contributed by atoms with Crippen molar-refractivity contribution in [1.29, 1.82) is 0 Å². The Morgan fingerprint density at radius 1 is 1.19 bits per heavy atom. The van der Waals surface area contributed by atoms with E-state index in [0.717, 1.165) is 10.9 Å². The van der Waals surface area contributed by atoms with Crippen LogP contribution in [0.2, 0.25) is 0 Å². The van der Waals surface area contributed by atoms with E-state index >= 15 is 0 Å². The summed E-state index contributed by atoms with van der Waals surface area (Å²) in [5.74, 6) is -1.86. The number of aromatic nitrogens is 2. The number of para-hydroxylation sites is 2. The molecule has 1 aliphatic heterocycles. The second-order valence-electron chi connectivity index (χ2n) is 6.93. The molecule has 2 heterocycles. The van der Waals surface area contributed by atoms with Crippen molar-refractivity contribution in [2.45, 2.75) is 25.2 Å². The van der Waals surface area contributed by atoms with Crippen LogP contribution in [-0.4, -0.2) is 33.6 Å². The maximum atomic E-state index is 13.8. The van der Waals surface area contributed by atoms with Crippen molar-refractivity contribution in [2.75, 3.05) is 10.2 Å². The van der Waals surface area contributed by atoms with Crippen LogP contribution in [0.15, 0.2) is 58.1 Å². The van der Waals surface area contributed by atoms with Gasteiger partial charge in [0.1, 0.15) is 12.6 Å². The van der Waals surface area contributed by atoms with Crippen LogP contribution in [0.3, 0.4) is 0 Å². The van der Waals surface area contributed by atoms with Gasteiger partial charge < -0.3 is 5.32 Å². The van der Waals surface area contributed by atoms with Crippen molar-refractivity contribution in [3.63, 3.8) is 0 Å². The number of rotatable bonds is 2. The zero-order valence-corrected chi connectivity index (χ0v) is 17.3. The maximum Gasteiger partial charge on any atom is 0.409 e. The van der Waals surface area contributed by atoms with Gasteiger partial charge in [0.05, 0.1) is 35.0 Å². The molecule has 0 saturated carbocycles. The van der Waals surface area contributed by atoms with E-state index in [1.807, 2.05) is 0 Å². The number of benzene rings is 2. The van der Waals surface area contributed by atoms with E-state index in [0.29, 0.717) is 14.9 Å². The van der Waals surface area contributed by atoms with Gasteiger partial charge in [0.2, 0.25) is 11.8 Å². The molecule has 1 N–H and O–H groups in total. The fourth-order valence-electron chi connectivity index (χ4n) is 3.46. The Kier molecular flexibility index (Phi) is 5.29. The van der Waals surface area contributed by atoms with E-state index in [-0.39, 0.29) is 16.8 Å². The number of amides is 2. The molecule has 31 heavy (non-hydrogen) atoms. The van der Waals surface area contributed by atoms with Crippen LogP contribution < -0.4 is 15.8 Å². The second-order valence-corrected chi connectivity index (χ2v) is 7.85. The summed E-state index contributed by atoms with van der Waals surface area (Å²) < 4.78 is 43.0. The van der Waals surface area contributed by atoms with E-state index in [1.54, 1.807) is 12.1 Å². The normalized spacial score (nSPS) is 16.6. The number of alkyl halides is 3. The number of nitrogens with one attached hydrogen (secondary N) is 1. The Bertz CT molecular complexity index is 1260. The van der Waals surface area contributed by atoms with E-state index in [1.165, 1.54) is 30.3 Å². The Hall–Kier alpha value is -3.21. The average molecular weight is 495 g/mol. The van der Waals surface area contributed by atoms with Gasteiger partial charge in [0.15, 0.2) is 0 Å². The lowest BCUT2D eigenvalue weighted by molar-refractivity contribution is -0.158. The molecule has 11 heteroatoms. The highest BCUT2D eigenvalue weighted by Crippen LogP contribution is 2.37. The molecule has 160 valence electrons. The van der Waals surface area contributed by atoms with Gasteiger partial charge in [-0.15, -0.1) is 0 Å². The van der Waals surface area contributed by atoms with E-state index in [9.17, 15) is 27.6 Å². The minimum absolute atomic E-state index is 0.0838. The number of hydrogen-bond donors (Lipinski definition) is 1. The highest BCUT2D eigenvalue weighted by molar-refractivity contribution is 9.10. The molecule has 2 aromatic carbocycles. The van der Waals surface area contributed by atoms with Crippen LogP contribution in [0.4, 0.5) is 24.5 Å². The molecule has 0 bridgehead atoms. The molecule has 7 nitrogen and oxygen atoms in total. The molecule has 0 saturated heterocycles. The highest BCUT2D eigenvalue weighted by atomic mass is 79.9. The van der Waals surface area contributed by atoms with Crippen molar-refractivity contribution in [3.05, 3.63) is 63.6 Å². The fraction of sp³-hybridized carbons (Fsp3) is 0.200. The molecule has 0 spiro atoms. The number of anilines is 2. The van der Waals surface area contributed by atoms with Gasteiger partial charge >= 0.3 is 6.18 Å². The van der Waals surface area contributed by atoms with Crippen LogP contribution >= 0.6 is 15.9 Å². The van der Waals surface area contributed by atoms with Gasteiger partial charge in [-0.1, -0.05) is 28.1 Å². The van der Waals surface area contributed by atoms with Crippen molar-refractivity contribution < 1.29 is 22.8 Å². The number of carbonyl (C=O) groups is 2. The number of nitrogens with zero attached hydrogens (tertiary/aromatic N) is 3. The fourth-order valence-corrected chi connectivity index (χ4v) is 3.82. The molecule has 2 amide bonds. The highest BCUT2D eigenvalue weighted by Gasteiger charge is 2.49. The van der Waals surface area contributed by atoms with Gasteiger partial charge in [-0.05, 0) is 30.3 Å². The van der Waals surface area contributed by atoms with Crippen LogP contribution in [0.1, 0.15) is 6.42 Å². The first-order valence-electron chi connectivity index (χ1n) is 9.07. The molecule has 0 aliphatic carbocycles. The van der Waals surface area contributed by atoms with Gasteiger partial charge in [-0.2, -0.15) is 13.2 Å². The van der Waals surface area contributed by atoms with Crippen LogP contribution in [0.25, 0.3) is 10.9 Å². The van der Waals surface area contributed by atoms with Crippen molar-refractivity contribution >= 4 is 50.0 Å². The molecule has 1 atom stereocenters. The van der Waals surface area contributed by atoms with E-state index < -0.39 is 42.6 Å². The Balaban J connectivity index is 1.78. The topological polar surface area (TPSA) is 84.3 Å². The zero-order chi connectivity index (χ0) is 22.3. The minimum atomic E-state index is -4.86. The van der Waals surface area contributed by atoms with Crippen LogP contribution in [0.5, 0.6) is 0 Å². The van der Waals surface area contributed by atoms with E-state index in [4.69, 9.17) is 0 Å². The lowest BCUT2D eigenvalue weighted by Gasteiger charge is -2.31. The molecular weight excluding hydrogens is 481 g/mol. The monoisotopic (exact) mass is 494 g/mol. The number of carbonyl (C=O) groups excluding carboxylic acids is 2. The third kappa shape index (κ3) is 4.05. The average Bonchev–Trinajstić information content (AvgIpc) is 2.86. The summed E-state index contributed by atoms with van der Waals surface area (Å²) in [6.07, 6.45) is -4.70. The number of fused-ring (bicyclic) bond motifs is 2. The van der Waals surface area contributed by atoms with Crippen LogP contribution in [0, 0.1) is 0 Å². The molecule has 1 aliphatic rings. The summed E-state index contributed by atoms with van der Waals surface area (Å²) in [6.45, 7) is -0.677. The Morgan fingerprint density at radius 3 is 2.68 bits per heavy atom. The molecule has 3 aromatic rings. The maximum absolute atomic E-state index is 13.8. The van der Waals surface area contributed by atoms with Gasteiger partial charge in [0, 0.05) is 4.47 Å². The second kappa shape index (κ2) is 7.80. The third-order valence-corrected chi connectivity index (χ3v) is 5.36. The van der Waals surface area contributed by atoms with Crippen molar-refractivity contribution in [1.82, 2.24) is 9.55 Å². The summed E-state index contributed by atoms with van der Waals surface area (Å²) in [5, 5.41) is 2.61. The molecular formula is C20H14BrF3N4O3. The number of halogens is 4. The van der Waals surface area contributed by atoms with E-state index in [2.05, 4.69) is 26.2 Å². The lowest BCUT2D eigenvalue weighted by Crippen LogP contribution is -2.51. The summed E-state index contributed by atoms with van der Waals surface area (Å²) in [4.78, 5) is 42.6. The quantitative estimate of drug-likeness (QED) is 0.591. The first-order chi connectivity index (χ1) is 14.6. The van der Waals surface area contributed by atoms with Crippen molar-refractivity contribution in [3.8, 4) is 0 Å². The zero-order valence-electron chi connectivity index (χ0n) is 15.7. The predicted molar refractivity (Wildman–Crippen MR) is 111 cm³/mol. The molecule has 4 rings (SSSR count).